The van der Waals surface area contributed by atoms with Crippen molar-refractivity contribution in [1.29, 1.82) is 0 Å². The normalized spacial score (nSPS) is 15.5. The summed E-state index contributed by atoms with van der Waals surface area (Å²) >= 11 is 3.32. The highest BCUT2D eigenvalue weighted by Gasteiger charge is 2.26. The maximum absolute atomic E-state index is 12.4. The lowest BCUT2D eigenvalue weighted by atomic mass is 9.96. The molecule has 0 aliphatic carbocycles. The maximum atomic E-state index is 12.4. The Kier molecular flexibility index (Phi) is 5.30. The summed E-state index contributed by atoms with van der Waals surface area (Å²) < 4.78 is 0. The smallest absolute Gasteiger partial charge is 0.223 e. The predicted molar refractivity (Wildman–Crippen MR) is 97.0 cm³/mol. The van der Waals surface area contributed by atoms with Crippen LogP contribution in [0.1, 0.15) is 30.3 Å². The molecule has 0 bridgehead atoms. The van der Waals surface area contributed by atoms with Crippen LogP contribution in [0.3, 0.4) is 0 Å². The number of aromatic nitrogens is 1. The van der Waals surface area contributed by atoms with E-state index in [1.807, 2.05) is 23.3 Å². The second-order valence-electron chi connectivity index (χ2n) is 6.00. The zero-order valence-electron chi connectivity index (χ0n) is 13.9. The average molecular weight is 364 g/mol. The SMILES string of the molecule is CC(=O)N1CCC(C(=O)NCc2sc(-c3cccs3)nc2C)CC1. The van der Waals surface area contributed by atoms with Crippen LogP contribution in [0.5, 0.6) is 0 Å². The van der Waals surface area contributed by atoms with E-state index in [-0.39, 0.29) is 17.7 Å². The molecule has 0 aromatic carbocycles. The number of nitrogens with one attached hydrogen (secondary N) is 1. The van der Waals surface area contributed by atoms with Crippen molar-refractivity contribution in [3.8, 4) is 9.88 Å². The van der Waals surface area contributed by atoms with Gasteiger partial charge in [-0.2, -0.15) is 0 Å². The van der Waals surface area contributed by atoms with Crippen molar-refractivity contribution in [3.63, 3.8) is 0 Å². The van der Waals surface area contributed by atoms with Crippen molar-refractivity contribution in [2.24, 2.45) is 5.92 Å². The van der Waals surface area contributed by atoms with Gasteiger partial charge in [0.25, 0.3) is 0 Å². The fraction of sp³-hybridized carbons (Fsp3) is 0.471. The number of thiazole rings is 1. The van der Waals surface area contributed by atoms with E-state index < -0.39 is 0 Å². The number of nitrogens with zero attached hydrogens (tertiary/aromatic N) is 2. The van der Waals surface area contributed by atoms with Crippen molar-refractivity contribution < 1.29 is 9.59 Å². The predicted octanol–water partition coefficient (Wildman–Crippen LogP) is 3.05. The molecule has 2 aromatic heterocycles. The Hall–Kier alpha value is -1.73. The molecule has 24 heavy (non-hydrogen) atoms. The van der Waals surface area contributed by atoms with Crippen molar-refractivity contribution in [2.75, 3.05) is 13.1 Å². The maximum Gasteiger partial charge on any atom is 0.223 e. The molecule has 2 amide bonds. The minimum Gasteiger partial charge on any atom is -0.351 e. The first-order valence-electron chi connectivity index (χ1n) is 8.08. The molecule has 2 aromatic rings. The van der Waals surface area contributed by atoms with Gasteiger partial charge >= 0.3 is 0 Å². The van der Waals surface area contributed by atoms with E-state index in [0.717, 1.165) is 33.3 Å². The minimum absolute atomic E-state index is 0.00518. The highest BCUT2D eigenvalue weighted by molar-refractivity contribution is 7.21. The topological polar surface area (TPSA) is 62.3 Å². The third kappa shape index (κ3) is 3.84. The van der Waals surface area contributed by atoms with Crippen LogP contribution in [0.15, 0.2) is 17.5 Å². The molecule has 1 saturated heterocycles. The molecule has 3 heterocycles. The van der Waals surface area contributed by atoms with Crippen LogP contribution in [0, 0.1) is 12.8 Å². The molecular formula is C17H21N3O2S2. The second kappa shape index (κ2) is 7.44. The van der Waals surface area contributed by atoms with Crippen LogP contribution in [-0.2, 0) is 16.1 Å². The average Bonchev–Trinajstić information content (AvgIpc) is 3.22. The van der Waals surface area contributed by atoms with Gasteiger partial charge in [0.2, 0.25) is 11.8 Å². The molecular weight excluding hydrogens is 342 g/mol. The van der Waals surface area contributed by atoms with Crippen LogP contribution >= 0.6 is 22.7 Å². The van der Waals surface area contributed by atoms with Crippen LogP contribution in [0.2, 0.25) is 0 Å². The lowest BCUT2D eigenvalue weighted by molar-refractivity contribution is -0.134. The molecule has 1 aliphatic heterocycles. The van der Waals surface area contributed by atoms with Gasteiger partial charge in [0.15, 0.2) is 0 Å². The van der Waals surface area contributed by atoms with Crippen molar-refractivity contribution in [2.45, 2.75) is 33.2 Å². The number of amides is 2. The van der Waals surface area contributed by atoms with Crippen LogP contribution < -0.4 is 5.32 Å². The molecule has 0 unspecified atom stereocenters. The van der Waals surface area contributed by atoms with Gasteiger partial charge in [-0.15, -0.1) is 22.7 Å². The van der Waals surface area contributed by atoms with Gasteiger partial charge in [-0.25, -0.2) is 4.98 Å². The number of rotatable bonds is 4. The number of hydrogen-bond acceptors (Lipinski definition) is 5. The van der Waals surface area contributed by atoms with E-state index in [9.17, 15) is 9.59 Å². The zero-order valence-corrected chi connectivity index (χ0v) is 15.5. The molecule has 7 heteroatoms. The number of likely N-dealkylation sites (tertiary alicyclic amines) is 1. The quantitative estimate of drug-likeness (QED) is 0.908. The molecule has 0 radical (unpaired) electrons. The summed E-state index contributed by atoms with van der Waals surface area (Å²) in [6.45, 7) is 5.45. The number of aryl methyl sites for hydroxylation is 1. The second-order valence-corrected chi connectivity index (χ2v) is 8.03. The Balaban J connectivity index is 1.54. The molecule has 3 rings (SSSR count). The summed E-state index contributed by atoms with van der Waals surface area (Å²) in [5.41, 5.74) is 0.982. The van der Waals surface area contributed by atoms with Gasteiger partial charge in [0.05, 0.1) is 17.1 Å². The lowest BCUT2D eigenvalue weighted by Crippen LogP contribution is -2.42. The fourth-order valence-electron chi connectivity index (χ4n) is 2.87. The summed E-state index contributed by atoms with van der Waals surface area (Å²) in [7, 11) is 0. The number of carbonyl (C=O) groups excluding carboxylic acids is 2. The Morgan fingerprint density at radius 2 is 2.12 bits per heavy atom. The lowest BCUT2D eigenvalue weighted by Gasteiger charge is -2.30. The molecule has 1 aliphatic rings. The van der Waals surface area contributed by atoms with Crippen molar-refractivity contribution in [3.05, 3.63) is 28.1 Å². The van der Waals surface area contributed by atoms with Gasteiger partial charge in [0, 0.05) is 30.8 Å². The highest BCUT2D eigenvalue weighted by atomic mass is 32.1. The molecule has 1 fully saturated rings. The first kappa shape index (κ1) is 17.1. The highest BCUT2D eigenvalue weighted by Crippen LogP contribution is 2.31. The number of carbonyl (C=O) groups is 2. The van der Waals surface area contributed by atoms with Crippen LogP contribution in [0.4, 0.5) is 0 Å². The van der Waals surface area contributed by atoms with Gasteiger partial charge in [-0.3, -0.25) is 9.59 Å². The van der Waals surface area contributed by atoms with Crippen LogP contribution in [-0.4, -0.2) is 34.8 Å². The number of hydrogen-bond donors (Lipinski definition) is 1. The molecule has 5 nitrogen and oxygen atoms in total. The Bertz CT molecular complexity index is 716. The standard InChI is InChI=1S/C17H21N3O2S2/c1-11-15(24-17(19-11)14-4-3-9-23-14)10-18-16(22)13-5-7-20(8-6-13)12(2)21/h3-4,9,13H,5-8,10H2,1-2H3,(H,18,22). The van der Waals surface area contributed by atoms with Crippen molar-refractivity contribution >= 4 is 34.5 Å². The van der Waals surface area contributed by atoms with Crippen LogP contribution in [0.25, 0.3) is 9.88 Å². The monoisotopic (exact) mass is 363 g/mol. The fourth-order valence-corrected chi connectivity index (χ4v) is 4.66. The van der Waals surface area contributed by atoms with E-state index in [0.29, 0.717) is 19.6 Å². The summed E-state index contributed by atoms with van der Waals surface area (Å²) in [6.07, 6.45) is 1.49. The summed E-state index contributed by atoms with van der Waals surface area (Å²) in [4.78, 5) is 32.4. The summed E-state index contributed by atoms with van der Waals surface area (Å²) in [5, 5.41) is 6.10. The summed E-state index contributed by atoms with van der Waals surface area (Å²) in [6, 6.07) is 4.08. The third-order valence-corrected chi connectivity index (χ3v) is 6.56. The summed E-state index contributed by atoms with van der Waals surface area (Å²) in [5.74, 6) is 0.185. The Labute approximate surface area is 149 Å². The molecule has 0 atom stereocenters. The van der Waals surface area contributed by atoms with E-state index in [1.165, 1.54) is 0 Å². The van der Waals surface area contributed by atoms with Gasteiger partial charge in [0.1, 0.15) is 5.01 Å². The van der Waals surface area contributed by atoms with Gasteiger partial charge in [-0.05, 0) is 31.2 Å². The molecule has 0 spiro atoms. The number of thiophene rings is 1. The van der Waals surface area contributed by atoms with Gasteiger partial charge in [-0.1, -0.05) is 6.07 Å². The molecule has 128 valence electrons. The van der Waals surface area contributed by atoms with Gasteiger partial charge < -0.3 is 10.2 Å². The molecule has 0 saturated carbocycles. The third-order valence-electron chi connectivity index (χ3n) is 4.36. The van der Waals surface area contributed by atoms with Crippen molar-refractivity contribution in [1.82, 2.24) is 15.2 Å². The minimum atomic E-state index is 0.00518. The Morgan fingerprint density at radius 3 is 2.75 bits per heavy atom. The van der Waals surface area contributed by atoms with E-state index in [4.69, 9.17) is 0 Å². The number of piperidine rings is 1. The molecule has 1 N–H and O–H groups in total. The first-order chi connectivity index (χ1) is 11.5. The van der Waals surface area contributed by atoms with E-state index >= 15 is 0 Å². The largest absolute Gasteiger partial charge is 0.351 e. The van der Waals surface area contributed by atoms with E-state index in [1.54, 1.807) is 29.6 Å². The van der Waals surface area contributed by atoms with E-state index in [2.05, 4.69) is 16.4 Å². The Morgan fingerprint density at radius 1 is 1.38 bits per heavy atom. The zero-order chi connectivity index (χ0) is 17.1. The first-order valence-corrected chi connectivity index (χ1v) is 9.77.